The van der Waals surface area contributed by atoms with Gasteiger partial charge in [0, 0.05) is 50.7 Å². The van der Waals surface area contributed by atoms with Crippen molar-refractivity contribution in [3.63, 3.8) is 0 Å². The summed E-state index contributed by atoms with van der Waals surface area (Å²) in [5, 5.41) is 8.01. The third kappa shape index (κ3) is 4.96. The Kier molecular flexibility index (Phi) is 7.04. The number of nitrogens with zero attached hydrogens (tertiary/aromatic N) is 4. The predicted octanol–water partition coefficient (Wildman–Crippen LogP) is 2.50. The second-order valence-corrected chi connectivity index (χ2v) is 9.17. The van der Waals surface area contributed by atoms with Crippen LogP contribution in [0.5, 0.6) is 5.88 Å². The number of aromatic nitrogens is 2. The molecular weight excluding hydrogens is 404 g/mol. The first-order valence-electron chi connectivity index (χ1n) is 10.2. The molecule has 162 valence electrons. The van der Waals surface area contributed by atoms with Gasteiger partial charge in [0.05, 0.1) is 10.6 Å². The summed E-state index contributed by atoms with van der Waals surface area (Å²) in [6, 6.07) is 9.84. The molecule has 1 aromatic heterocycles. The van der Waals surface area contributed by atoms with Gasteiger partial charge >= 0.3 is 0 Å². The number of hydrogen-bond donors (Lipinski definition) is 0. The van der Waals surface area contributed by atoms with E-state index in [-0.39, 0.29) is 16.9 Å². The summed E-state index contributed by atoms with van der Waals surface area (Å²) in [4.78, 5) is 14.8. The first kappa shape index (κ1) is 22.2. The molecular formula is C21H28N4O4S. The topological polar surface area (TPSA) is 92.7 Å². The van der Waals surface area contributed by atoms with E-state index in [4.69, 9.17) is 4.74 Å². The number of carbonyl (C=O) groups excluding carboxylic acids is 1. The fourth-order valence-electron chi connectivity index (χ4n) is 3.46. The van der Waals surface area contributed by atoms with Crippen molar-refractivity contribution < 1.29 is 17.9 Å². The Morgan fingerprint density at radius 1 is 1.07 bits per heavy atom. The molecule has 1 fully saturated rings. The Labute approximate surface area is 177 Å². The van der Waals surface area contributed by atoms with Crippen LogP contribution in [0.2, 0.25) is 0 Å². The SMILES string of the molecule is CCN(CC)S(=O)(=O)c1ccc(C(=O)N2CCC(Oc3ccc(C)nn3)CC2)cc1. The minimum atomic E-state index is -3.53. The fourth-order valence-corrected chi connectivity index (χ4v) is 4.92. The lowest BCUT2D eigenvalue weighted by Crippen LogP contribution is -2.41. The van der Waals surface area contributed by atoms with Crippen LogP contribution in [0.25, 0.3) is 0 Å². The lowest BCUT2D eigenvalue weighted by atomic mass is 10.1. The third-order valence-corrected chi connectivity index (χ3v) is 7.30. The van der Waals surface area contributed by atoms with Crippen molar-refractivity contribution in [3.8, 4) is 5.88 Å². The lowest BCUT2D eigenvalue weighted by Gasteiger charge is -2.32. The van der Waals surface area contributed by atoms with Gasteiger partial charge in [0.1, 0.15) is 6.10 Å². The second kappa shape index (κ2) is 9.53. The van der Waals surface area contributed by atoms with E-state index in [2.05, 4.69) is 10.2 Å². The minimum Gasteiger partial charge on any atom is -0.473 e. The Hall–Kier alpha value is -2.52. The normalized spacial score (nSPS) is 15.4. The number of rotatable bonds is 7. The molecule has 2 heterocycles. The second-order valence-electron chi connectivity index (χ2n) is 7.24. The molecule has 9 heteroatoms. The van der Waals surface area contributed by atoms with Gasteiger partial charge in [0.2, 0.25) is 15.9 Å². The molecule has 0 saturated carbocycles. The molecule has 0 bridgehead atoms. The van der Waals surface area contributed by atoms with Crippen molar-refractivity contribution in [2.75, 3.05) is 26.2 Å². The van der Waals surface area contributed by atoms with Crippen LogP contribution in [0.3, 0.4) is 0 Å². The number of benzene rings is 1. The average molecular weight is 433 g/mol. The van der Waals surface area contributed by atoms with Crippen LogP contribution in [-0.2, 0) is 10.0 Å². The van der Waals surface area contributed by atoms with Crippen LogP contribution in [-0.4, -0.2) is 66.0 Å². The standard InChI is InChI=1S/C21H28N4O4S/c1-4-25(5-2)30(27,28)19-9-7-17(8-10-19)21(26)24-14-12-18(13-15-24)29-20-11-6-16(3)22-23-20/h6-11,18H,4-5,12-15H2,1-3H3. The lowest BCUT2D eigenvalue weighted by molar-refractivity contribution is 0.0586. The van der Waals surface area contributed by atoms with E-state index in [1.807, 2.05) is 13.0 Å². The average Bonchev–Trinajstić information content (AvgIpc) is 2.76. The van der Waals surface area contributed by atoms with Gasteiger partial charge < -0.3 is 9.64 Å². The fraction of sp³-hybridized carbons (Fsp3) is 0.476. The number of likely N-dealkylation sites (tertiary alicyclic amines) is 1. The quantitative estimate of drug-likeness (QED) is 0.667. The zero-order valence-electron chi connectivity index (χ0n) is 17.6. The summed E-state index contributed by atoms with van der Waals surface area (Å²) >= 11 is 0. The van der Waals surface area contributed by atoms with E-state index in [0.29, 0.717) is 50.5 Å². The number of hydrogen-bond acceptors (Lipinski definition) is 6. The van der Waals surface area contributed by atoms with Gasteiger partial charge in [-0.05, 0) is 37.3 Å². The molecule has 0 atom stereocenters. The smallest absolute Gasteiger partial charge is 0.253 e. The van der Waals surface area contributed by atoms with Crippen molar-refractivity contribution in [2.24, 2.45) is 0 Å². The molecule has 8 nitrogen and oxygen atoms in total. The summed E-state index contributed by atoms with van der Waals surface area (Å²) in [7, 11) is -3.53. The first-order valence-corrected chi connectivity index (χ1v) is 11.7. The van der Waals surface area contributed by atoms with E-state index in [0.717, 1.165) is 5.69 Å². The van der Waals surface area contributed by atoms with Gasteiger partial charge in [0.25, 0.3) is 5.91 Å². The van der Waals surface area contributed by atoms with Gasteiger partial charge in [-0.1, -0.05) is 13.8 Å². The number of sulfonamides is 1. The maximum atomic E-state index is 12.8. The van der Waals surface area contributed by atoms with Crippen LogP contribution < -0.4 is 4.74 Å². The largest absolute Gasteiger partial charge is 0.473 e. The maximum absolute atomic E-state index is 12.8. The van der Waals surface area contributed by atoms with E-state index < -0.39 is 10.0 Å². The number of amides is 1. The van der Waals surface area contributed by atoms with E-state index >= 15 is 0 Å². The molecule has 0 radical (unpaired) electrons. The van der Waals surface area contributed by atoms with Gasteiger partial charge in [-0.2, -0.15) is 9.40 Å². The number of piperidine rings is 1. The summed E-state index contributed by atoms with van der Waals surface area (Å²) in [5.41, 5.74) is 1.32. The van der Waals surface area contributed by atoms with Crippen molar-refractivity contribution in [3.05, 3.63) is 47.7 Å². The Bertz CT molecular complexity index is 950. The molecule has 0 aliphatic carbocycles. The van der Waals surface area contributed by atoms with Crippen molar-refractivity contribution in [1.29, 1.82) is 0 Å². The highest BCUT2D eigenvalue weighted by Gasteiger charge is 2.26. The molecule has 3 rings (SSSR count). The number of ether oxygens (including phenoxy) is 1. The summed E-state index contributed by atoms with van der Waals surface area (Å²) in [5.74, 6) is 0.394. The molecule has 0 unspecified atom stereocenters. The van der Waals surface area contributed by atoms with E-state index in [9.17, 15) is 13.2 Å². The summed E-state index contributed by atoms with van der Waals surface area (Å²) < 4.78 is 32.4. The highest BCUT2D eigenvalue weighted by Crippen LogP contribution is 2.20. The molecule has 1 aliphatic heterocycles. The Balaban J connectivity index is 1.59. The zero-order valence-corrected chi connectivity index (χ0v) is 18.4. The van der Waals surface area contributed by atoms with Gasteiger partial charge in [-0.3, -0.25) is 4.79 Å². The molecule has 1 aromatic carbocycles. The molecule has 0 spiro atoms. The molecule has 0 N–H and O–H groups in total. The van der Waals surface area contributed by atoms with E-state index in [1.54, 1.807) is 36.9 Å². The Morgan fingerprint density at radius 3 is 2.23 bits per heavy atom. The monoisotopic (exact) mass is 432 g/mol. The zero-order chi connectivity index (χ0) is 21.7. The molecule has 1 aliphatic rings. The van der Waals surface area contributed by atoms with Crippen LogP contribution in [0.15, 0.2) is 41.3 Å². The van der Waals surface area contributed by atoms with Gasteiger partial charge in [0.15, 0.2) is 0 Å². The minimum absolute atomic E-state index is 0.00681. The molecule has 2 aromatic rings. The number of aryl methyl sites for hydroxylation is 1. The predicted molar refractivity (Wildman–Crippen MR) is 113 cm³/mol. The van der Waals surface area contributed by atoms with Crippen LogP contribution in [0.4, 0.5) is 0 Å². The summed E-state index contributed by atoms with van der Waals surface area (Å²) in [6.07, 6.45) is 1.40. The molecule has 1 amide bonds. The maximum Gasteiger partial charge on any atom is 0.253 e. The first-order chi connectivity index (χ1) is 14.3. The van der Waals surface area contributed by atoms with Crippen LogP contribution in [0, 0.1) is 6.92 Å². The third-order valence-electron chi connectivity index (χ3n) is 5.23. The van der Waals surface area contributed by atoms with Gasteiger partial charge in [-0.15, -0.1) is 5.10 Å². The highest BCUT2D eigenvalue weighted by molar-refractivity contribution is 7.89. The summed E-state index contributed by atoms with van der Waals surface area (Å²) in [6.45, 7) is 7.43. The van der Waals surface area contributed by atoms with Crippen molar-refractivity contribution in [1.82, 2.24) is 19.4 Å². The van der Waals surface area contributed by atoms with Crippen LogP contribution in [0.1, 0.15) is 42.7 Å². The Morgan fingerprint density at radius 2 is 1.70 bits per heavy atom. The molecule has 1 saturated heterocycles. The van der Waals surface area contributed by atoms with Gasteiger partial charge in [-0.25, -0.2) is 8.42 Å². The van der Waals surface area contributed by atoms with E-state index in [1.165, 1.54) is 16.4 Å². The van der Waals surface area contributed by atoms with Crippen molar-refractivity contribution in [2.45, 2.75) is 44.6 Å². The number of carbonyl (C=O) groups is 1. The van der Waals surface area contributed by atoms with Crippen molar-refractivity contribution >= 4 is 15.9 Å². The highest BCUT2D eigenvalue weighted by atomic mass is 32.2. The van der Waals surface area contributed by atoms with Crippen LogP contribution >= 0.6 is 0 Å². The molecule has 30 heavy (non-hydrogen) atoms.